The molecule has 142 valence electrons. The van der Waals surface area contributed by atoms with Crippen molar-refractivity contribution >= 4 is 16.9 Å². The van der Waals surface area contributed by atoms with Crippen LogP contribution in [0.1, 0.15) is 32.4 Å². The van der Waals surface area contributed by atoms with Crippen LogP contribution in [0.25, 0.3) is 16.9 Å². The molecule has 3 rings (SSSR count). The monoisotopic (exact) mass is 361 g/mol. The zero-order valence-electron chi connectivity index (χ0n) is 16.2. The number of methoxy groups -OCH3 is 1. The Balaban J connectivity index is 2.21. The topological polar surface area (TPSA) is 75.5 Å². The van der Waals surface area contributed by atoms with Gasteiger partial charge in [-0.2, -0.15) is 4.98 Å². The Kier molecular flexibility index (Phi) is 5.04. The van der Waals surface area contributed by atoms with Crippen molar-refractivity contribution in [3.63, 3.8) is 0 Å². The standard InChI is InChI=1S/C18H27N5O3/c1-12(2)7-9-22-16(24)14-15(20(4)18(22)25)19-17-21(8-6-10-26-5)13(3)11-23(14)17/h11-12H,6-10H2,1-5H3. The second-order valence-electron chi connectivity index (χ2n) is 7.20. The molecule has 8 heteroatoms. The first-order valence-corrected chi connectivity index (χ1v) is 9.03. The maximum atomic E-state index is 13.0. The van der Waals surface area contributed by atoms with Gasteiger partial charge in [-0.1, -0.05) is 13.8 Å². The summed E-state index contributed by atoms with van der Waals surface area (Å²) in [6.07, 6.45) is 3.54. The first-order chi connectivity index (χ1) is 12.4. The van der Waals surface area contributed by atoms with E-state index in [1.165, 1.54) is 9.13 Å². The highest BCUT2D eigenvalue weighted by atomic mass is 16.5. The molecule has 8 nitrogen and oxygen atoms in total. The van der Waals surface area contributed by atoms with Gasteiger partial charge in [-0.3, -0.25) is 18.3 Å². The number of rotatable bonds is 7. The first kappa shape index (κ1) is 18.4. The molecule has 0 atom stereocenters. The van der Waals surface area contributed by atoms with Crippen LogP contribution in [0.3, 0.4) is 0 Å². The van der Waals surface area contributed by atoms with Crippen LogP contribution in [0.5, 0.6) is 0 Å². The Bertz CT molecular complexity index is 1050. The van der Waals surface area contributed by atoms with Crippen LogP contribution in [-0.2, 0) is 24.9 Å². The summed E-state index contributed by atoms with van der Waals surface area (Å²) < 4.78 is 11.8. The van der Waals surface area contributed by atoms with E-state index in [1.54, 1.807) is 14.2 Å². The van der Waals surface area contributed by atoms with Crippen LogP contribution in [0.2, 0.25) is 0 Å². The largest absolute Gasteiger partial charge is 0.385 e. The molecule has 0 N–H and O–H groups in total. The van der Waals surface area contributed by atoms with Crippen LogP contribution in [0, 0.1) is 12.8 Å². The molecule has 0 saturated carbocycles. The lowest BCUT2D eigenvalue weighted by molar-refractivity contribution is 0.190. The lowest BCUT2D eigenvalue weighted by Gasteiger charge is -2.09. The summed E-state index contributed by atoms with van der Waals surface area (Å²) in [7, 11) is 3.35. The minimum absolute atomic E-state index is 0.273. The molecule has 0 aliphatic heterocycles. The second kappa shape index (κ2) is 7.11. The number of ether oxygens (including phenoxy) is 1. The van der Waals surface area contributed by atoms with Gasteiger partial charge in [0, 0.05) is 45.7 Å². The summed E-state index contributed by atoms with van der Waals surface area (Å²) in [4.78, 5) is 30.3. The van der Waals surface area contributed by atoms with E-state index < -0.39 is 0 Å². The van der Waals surface area contributed by atoms with Crippen LogP contribution < -0.4 is 11.2 Å². The molecule has 3 aromatic heterocycles. The number of aromatic nitrogens is 5. The van der Waals surface area contributed by atoms with Gasteiger partial charge in [-0.25, -0.2) is 4.79 Å². The summed E-state index contributed by atoms with van der Waals surface area (Å²) >= 11 is 0. The highest BCUT2D eigenvalue weighted by Crippen LogP contribution is 2.16. The predicted molar refractivity (Wildman–Crippen MR) is 101 cm³/mol. The summed E-state index contributed by atoms with van der Waals surface area (Å²) in [6, 6.07) is 0. The van der Waals surface area contributed by atoms with Crippen molar-refractivity contribution in [2.24, 2.45) is 13.0 Å². The third-order valence-electron chi connectivity index (χ3n) is 4.80. The van der Waals surface area contributed by atoms with Crippen molar-refractivity contribution in [2.75, 3.05) is 13.7 Å². The maximum absolute atomic E-state index is 13.0. The van der Waals surface area contributed by atoms with Gasteiger partial charge in [0.1, 0.15) is 0 Å². The quantitative estimate of drug-likeness (QED) is 0.598. The van der Waals surface area contributed by atoms with E-state index in [1.807, 2.05) is 17.5 Å². The third kappa shape index (κ3) is 2.98. The molecule has 0 aliphatic rings. The van der Waals surface area contributed by atoms with Crippen molar-refractivity contribution < 1.29 is 4.74 Å². The van der Waals surface area contributed by atoms with E-state index >= 15 is 0 Å². The van der Waals surface area contributed by atoms with Crippen LogP contribution >= 0.6 is 0 Å². The van der Waals surface area contributed by atoms with Gasteiger partial charge in [0.15, 0.2) is 11.2 Å². The second-order valence-corrected chi connectivity index (χ2v) is 7.20. The van der Waals surface area contributed by atoms with Crippen LogP contribution in [0.4, 0.5) is 0 Å². The van der Waals surface area contributed by atoms with Gasteiger partial charge >= 0.3 is 5.69 Å². The summed E-state index contributed by atoms with van der Waals surface area (Å²) in [5.74, 6) is 1.10. The summed E-state index contributed by atoms with van der Waals surface area (Å²) in [5, 5.41) is 0. The Labute approximate surface area is 151 Å². The Morgan fingerprint density at radius 3 is 2.58 bits per heavy atom. The molecule has 0 amide bonds. The van der Waals surface area contributed by atoms with E-state index in [0.717, 1.165) is 25.1 Å². The van der Waals surface area contributed by atoms with E-state index in [2.05, 4.69) is 23.4 Å². The van der Waals surface area contributed by atoms with Gasteiger partial charge in [-0.15, -0.1) is 0 Å². The number of fused-ring (bicyclic) bond motifs is 3. The summed E-state index contributed by atoms with van der Waals surface area (Å²) in [5.41, 5.74) is 1.32. The lowest BCUT2D eigenvalue weighted by atomic mass is 10.1. The van der Waals surface area contributed by atoms with Crippen molar-refractivity contribution in [1.82, 2.24) is 23.1 Å². The average Bonchev–Trinajstić information content (AvgIpc) is 3.09. The normalized spacial score (nSPS) is 12.1. The fourth-order valence-electron chi connectivity index (χ4n) is 3.28. The average molecular weight is 361 g/mol. The number of hydrogen-bond donors (Lipinski definition) is 0. The molecule has 0 spiro atoms. The van der Waals surface area contributed by atoms with Crippen molar-refractivity contribution in [3.05, 3.63) is 32.7 Å². The molecule has 0 fully saturated rings. The molecular weight excluding hydrogens is 334 g/mol. The first-order valence-electron chi connectivity index (χ1n) is 9.03. The molecular formula is C18H27N5O3. The van der Waals surface area contributed by atoms with Gasteiger partial charge in [-0.05, 0) is 25.7 Å². The van der Waals surface area contributed by atoms with Gasteiger partial charge in [0.25, 0.3) is 5.56 Å². The Hall–Kier alpha value is -2.35. The van der Waals surface area contributed by atoms with E-state index in [0.29, 0.717) is 36.0 Å². The predicted octanol–water partition coefficient (Wildman–Crippen LogP) is 1.54. The highest BCUT2D eigenvalue weighted by Gasteiger charge is 2.20. The molecule has 0 bridgehead atoms. The van der Waals surface area contributed by atoms with Crippen molar-refractivity contribution in [1.29, 1.82) is 0 Å². The van der Waals surface area contributed by atoms with Gasteiger partial charge in [0.2, 0.25) is 5.78 Å². The highest BCUT2D eigenvalue weighted by molar-refractivity contribution is 5.75. The molecule has 0 saturated heterocycles. The lowest BCUT2D eigenvalue weighted by Crippen LogP contribution is -2.39. The van der Waals surface area contributed by atoms with Gasteiger partial charge < -0.3 is 9.30 Å². The number of imidazole rings is 2. The van der Waals surface area contributed by atoms with Crippen molar-refractivity contribution in [3.8, 4) is 0 Å². The molecule has 0 aromatic carbocycles. The number of aryl methyl sites for hydroxylation is 3. The fourth-order valence-corrected chi connectivity index (χ4v) is 3.28. The fraction of sp³-hybridized carbons (Fsp3) is 0.611. The van der Waals surface area contributed by atoms with E-state index in [9.17, 15) is 9.59 Å². The SMILES string of the molecule is COCCCn1c(C)cn2c3c(=O)n(CCC(C)C)c(=O)n(C)c3nc12. The minimum Gasteiger partial charge on any atom is -0.385 e. The number of nitrogens with zero attached hydrogens (tertiary/aromatic N) is 5. The molecule has 3 aromatic rings. The molecule has 26 heavy (non-hydrogen) atoms. The van der Waals surface area contributed by atoms with Crippen LogP contribution in [-0.4, -0.2) is 36.8 Å². The molecule has 0 unspecified atom stereocenters. The van der Waals surface area contributed by atoms with E-state index in [4.69, 9.17) is 4.74 Å². The third-order valence-corrected chi connectivity index (χ3v) is 4.80. The maximum Gasteiger partial charge on any atom is 0.332 e. The minimum atomic E-state index is -0.313. The van der Waals surface area contributed by atoms with E-state index in [-0.39, 0.29) is 11.2 Å². The molecule has 0 aliphatic carbocycles. The molecule has 3 heterocycles. The van der Waals surface area contributed by atoms with Gasteiger partial charge in [0.05, 0.1) is 0 Å². The Morgan fingerprint density at radius 1 is 1.19 bits per heavy atom. The smallest absolute Gasteiger partial charge is 0.332 e. The zero-order chi connectivity index (χ0) is 19.0. The van der Waals surface area contributed by atoms with Crippen molar-refractivity contribution in [2.45, 2.75) is 46.7 Å². The Morgan fingerprint density at radius 2 is 1.92 bits per heavy atom. The molecule has 0 radical (unpaired) electrons. The van der Waals surface area contributed by atoms with Crippen LogP contribution in [0.15, 0.2) is 15.8 Å². The zero-order valence-corrected chi connectivity index (χ0v) is 16.2. The summed E-state index contributed by atoms with van der Waals surface area (Å²) in [6.45, 7) is 7.97. The number of hydrogen-bond acceptors (Lipinski definition) is 4.